The van der Waals surface area contributed by atoms with E-state index in [1.807, 2.05) is 54.7 Å². The number of ether oxygens (including phenoxy) is 1. The highest BCUT2D eigenvalue weighted by molar-refractivity contribution is 5.84. The molecule has 0 spiro atoms. The molecule has 0 saturated heterocycles. The molecule has 0 radical (unpaired) electrons. The summed E-state index contributed by atoms with van der Waals surface area (Å²) in [6, 6.07) is 23.5. The number of pyridine rings is 1. The van der Waals surface area contributed by atoms with Gasteiger partial charge in [-0.25, -0.2) is 4.39 Å². The highest BCUT2D eigenvalue weighted by atomic mass is 19.1. The lowest BCUT2D eigenvalue weighted by molar-refractivity contribution is 0.184. The summed E-state index contributed by atoms with van der Waals surface area (Å²) in [7, 11) is 1.68. The number of nitrogens with zero attached hydrogens (tertiary/aromatic N) is 2. The maximum Gasteiger partial charge on any atom is 0.134 e. The monoisotopic (exact) mass is 424 g/mol. The molecule has 4 aromatic rings. The summed E-state index contributed by atoms with van der Waals surface area (Å²) in [6.07, 6.45) is 4.91. The highest BCUT2D eigenvalue weighted by Gasteiger charge is 2.09. The lowest BCUT2D eigenvalue weighted by Gasteiger charge is -2.09. The molecular weight excluding hydrogens is 399 g/mol. The molecule has 1 heterocycles. The summed E-state index contributed by atoms with van der Waals surface area (Å²) in [5.74, 6) is -0.141. The Labute approximate surface area is 188 Å². The summed E-state index contributed by atoms with van der Waals surface area (Å²) in [5, 5.41) is 10.5. The van der Waals surface area contributed by atoms with Gasteiger partial charge in [0.15, 0.2) is 0 Å². The number of hydrogen-bond acceptors (Lipinski definition) is 3. The van der Waals surface area contributed by atoms with Crippen LogP contribution in [0.25, 0.3) is 10.8 Å². The van der Waals surface area contributed by atoms with Gasteiger partial charge in [0.1, 0.15) is 5.82 Å². The third-order valence-corrected chi connectivity index (χ3v) is 5.73. The van der Waals surface area contributed by atoms with Gasteiger partial charge in [-0.05, 0) is 71.5 Å². The Morgan fingerprint density at radius 1 is 0.844 bits per heavy atom. The fourth-order valence-corrected chi connectivity index (χ4v) is 3.89. The first kappa shape index (κ1) is 21.7. The Balaban J connectivity index is 1.42. The molecule has 0 aliphatic heterocycles. The SMILES string of the molecule is COCc1ccc(CCc2ccc3c(F)c(CCc4ccc(C#N)cc4)ccc3c2)nc1. The molecular formula is C28H25FN2O. The molecule has 0 unspecified atom stereocenters. The fraction of sp³-hybridized carbons (Fsp3) is 0.214. The van der Waals surface area contributed by atoms with Gasteiger partial charge < -0.3 is 4.74 Å². The lowest BCUT2D eigenvalue weighted by Crippen LogP contribution is -1.98. The molecule has 160 valence electrons. The van der Waals surface area contributed by atoms with E-state index in [2.05, 4.69) is 17.1 Å². The first-order valence-corrected chi connectivity index (χ1v) is 10.8. The Morgan fingerprint density at radius 2 is 1.59 bits per heavy atom. The molecule has 0 aliphatic carbocycles. The van der Waals surface area contributed by atoms with Crippen LogP contribution >= 0.6 is 0 Å². The molecule has 0 aliphatic rings. The summed E-state index contributed by atoms with van der Waals surface area (Å²) >= 11 is 0. The predicted molar refractivity (Wildman–Crippen MR) is 125 cm³/mol. The molecule has 0 atom stereocenters. The van der Waals surface area contributed by atoms with Crippen LogP contribution in [0.5, 0.6) is 0 Å². The van der Waals surface area contributed by atoms with Crippen molar-refractivity contribution in [1.82, 2.24) is 4.98 Å². The zero-order valence-electron chi connectivity index (χ0n) is 18.1. The molecule has 4 heteroatoms. The van der Waals surface area contributed by atoms with Gasteiger partial charge in [0, 0.05) is 24.4 Å². The van der Waals surface area contributed by atoms with Crippen LogP contribution in [0.15, 0.2) is 72.9 Å². The number of methoxy groups -OCH3 is 1. The minimum absolute atomic E-state index is 0.141. The number of aromatic nitrogens is 1. The summed E-state index contributed by atoms with van der Waals surface area (Å²) in [5.41, 5.74) is 5.73. The zero-order valence-corrected chi connectivity index (χ0v) is 18.1. The Morgan fingerprint density at radius 3 is 2.31 bits per heavy atom. The number of nitriles is 1. The molecule has 0 fully saturated rings. The van der Waals surface area contributed by atoms with E-state index in [1.165, 1.54) is 5.56 Å². The molecule has 0 saturated carbocycles. The van der Waals surface area contributed by atoms with Crippen molar-refractivity contribution in [1.29, 1.82) is 5.26 Å². The van der Waals surface area contributed by atoms with Crippen molar-refractivity contribution in [2.24, 2.45) is 0 Å². The van der Waals surface area contributed by atoms with E-state index < -0.39 is 0 Å². The van der Waals surface area contributed by atoms with Gasteiger partial charge in [-0.15, -0.1) is 0 Å². The van der Waals surface area contributed by atoms with Crippen molar-refractivity contribution in [2.75, 3.05) is 7.11 Å². The topological polar surface area (TPSA) is 45.9 Å². The van der Waals surface area contributed by atoms with Crippen LogP contribution in [-0.2, 0) is 37.0 Å². The number of halogens is 1. The van der Waals surface area contributed by atoms with Gasteiger partial charge in [0.2, 0.25) is 0 Å². The van der Waals surface area contributed by atoms with Gasteiger partial charge in [-0.1, -0.05) is 48.5 Å². The Hall–Kier alpha value is -3.55. The number of fused-ring (bicyclic) bond motifs is 1. The number of aryl methyl sites for hydroxylation is 4. The van der Waals surface area contributed by atoms with Crippen molar-refractivity contribution < 1.29 is 9.13 Å². The van der Waals surface area contributed by atoms with Crippen LogP contribution in [0.1, 0.15) is 33.5 Å². The second-order valence-electron chi connectivity index (χ2n) is 7.99. The number of rotatable bonds is 8. The van der Waals surface area contributed by atoms with Gasteiger partial charge in [-0.2, -0.15) is 5.26 Å². The first-order chi connectivity index (χ1) is 15.7. The van der Waals surface area contributed by atoms with Crippen molar-refractivity contribution in [3.63, 3.8) is 0 Å². The summed E-state index contributed by atoms with van der Waals surface area (Å²) < 4.78 is 20.2. The number of benzene rings is 3. The van der Waals surface area contributed by atoms with Crippen LogP contribution in [0, 0.1) is 17.1 Å². The summed E-state index contributed by atoms with van der Waals surface area (Å²) in [6.45, 7) is 0.568. The van der Waals surface area contributed by atoms with Gasteiger partial charge in [0.25, 0.3) is 0 Å². The molecule has 4 rings (SSSR count). The standard InChI is InChI=1S/C28H25FN2O/c1-32-19-23-8-14-26(31-18-23)13-7-21-9-15-27-25(16-21)12-11-24(28(27)29)10-6-20-2-4-22(17-30)5-3-20/h2-5,8-9,11-12,14-16,18H,6-7,10,13,19H2,1H3. The van der Waals surface area contributed by atoms with Crippen LogP contribution < -0.4 is 0 Å². The van der Waals surface area contributed by atoms with E-state index in [1.54, 1.807) is 19.2 Å². The normalized spacial score (nSPS) is 10.9. The van der Waals surface area contributed by atoms with Gasteiger partial charge in [-0.3, -0.25) is 4.98 Å². The molecule has 32 heavy (non-hydrogen) atoms. The molecule has 0 N–H and O–H groups in total. The lowest BCUT2D eigenvalue weighted by atomic mass is 9.97. The average molecular weight is 425 g/mol. The van der Waals surface area contributed by atoms with E-state index in [0.29, 0.717) is 24.0 Å². The van der Waals surface area contributed by atoms with Crippen molar-refractivity contribution in [2.45, 2.75) is 32.3 Å². The van der Waals surface area contributed by atoms with E-state index in [0.717, 1.165) is 47.0 Å². The van der Waals surface area contributed by atoms with E-state index in [-0.39, 0.29) is 5.82 Å². The van der Waals surface area contributed by atoms with Crippen LogP contribution in [-0.4, -0.2) is 12.1 Å². The highest BCUT2D eigenvalue weighted by Crippen LogP contribution is 2.24. The van der Waals surface area contributed by atoms with Gasteiger partial charge in [0.05, 0.1) is 18.2 Å². The maximum absolute atomic E-state index is 15.1. The molecule has 3 nitrogen and oxygen atoms in total. The Bertz CT molecular complexity index is 1240. The summed E-state index contributed by atoms with van der Waals surface area (Å²) in [4.78, 5) is 4.50. The molecule has 0 bridgehead atoms. The smallest absolute Gasteiger partial charge is 0.134 e. The second kappa shape index (κ2) is 10.2. The first-order valence-electron chi connectivity index (χ1n) is 10.8. The maximum atomic E-state index is 15.1. The van der Waals surface area contributed by atoms with E-state index >= 15 is 4.39 Å². The molecule has 1 aromatic heterocycles. The average Bonchev–Trinajstić information content (AvgIpc) is 2.84. The zero-order chi connectivity index (χ0) is 22.3. The minimum atomic E-state index is -0.141. The molecule has 3 aromatic carbocycles. The van der Waals surface area contributed by atoms with Crippen LogP contribution in [0.4, 0.5) is 4.39 Å². The van der Waals surface area contributed by atoms with Crippen molar-refractivity contribution in [3.05, 3.63) is 112 Å². The van der Waals surface area contributed by atoms with Gasteiger partial charge >= 0.3 is 0 Å². The largest absolute Gasteiger partial charge is 0.380 e. The third-order valence-electron chi connectivity index (χ3n) is 5.73. The van der Waals surface area contributed by atoms with Crippen LogP contribution in [0.2, 0.25) is 0 Å². The molecule has 0 amide bonds. The Kier molecular flexibility index (Phi) is 6.89. The van der Waals surface area contributed by atoms with E-state index in [4.69, 9.17) is 10.00 Å². The number of hydrogen-bond donors (Lipinski definition) is 0. The third kappa shape index (κ3) is 5.19. The minimum Gasteiger partial charge on any atom is -0.380 e. The van der Waals surface area contributed by atoms with Crippen molar-refractivity contribution >= 4 is 10.8 Å². The second-order valence-corrected chi connectivity index (χ2v) is 7.99. The van der Waals surface area contributed by atoms with E-state index in [9.17, 15) is 0 Å². The van der Waals surface area contributed by atoms with Crippen molar-refractivity contribution in [3.8, 4) is 6.07 Å². The fourth-order valence-electron chi connectivity index (χ4n) is 3.89. The predicted octanol–water partition coefficient (Wildman–Crippen LogP) is 5.96. The van der Waals surface area contributed by atoms with Crippen LogP contribution in [0.3, 0.4) is 0 Å². The quantitative estimate of drug-likeness (QED) is 0.350.